The molecule has 3 N–H and O–H groups in total. The third-order valence-electron chi connectivity index (χ3n) is 2.99. The number of anilines is 1. The van der Waals surface area contributed by atoms with Crippen LogP contribution in [0.15, 0.2) is 18.2 Å². The molecular formula is C12H13ClN2O3. The number of amides is 2. The van der Waals surface area contributed by atoms with E-state index in [1.54, 1.807) is 18.2 Å². The zero-order valence-corrected chi connectivity index (χ0v) is 10.4. The van der Waals surface area contributed by atoms with E-state index in [0.29, 0.717) is 10.7 Å². The molecule has 2 amide bonds. The first-order valence-electron chi connectivity index (χ1n) is 5.54. The molecule has 1 aliphatic rings. The maximum absolute atomic E-state index is 12.1. The van der Waals surface area contributed by atoms with Crippen LogP contribution in [0.25, 0.3) is 0 Å². The molecule has 1 aliphatic heterocycles. The third kappa shape index (κ3) is 2.19. The van der Waals surface area contributed by atoms with Crippen LogP contribution in [0, 0.1) is 5.92 Å². The molecule has 0 saturated heterocycles. The smallest absolute Gasteiger partial charge is 0.239 e. The molecule has 0 bridgehead atoms. The van der Waals surface area contributed by atoms with Gasteiger partial charge in [-0.3, -0.25) is 9.59 Å². The molecular weight excluding hydrogens is 256 g/mol. The molecule has 1 aromatic rings. The first-order valence-corrected chi connectivity index (χ1v) is 5.92. The van der Waals surface area contributed by atoms with Crippen LogP contribution < -0.4 is 10.6 Å². The minimum Gasteiger partial charge on any atom is -0.395 e. The Bertz CT molecular complexity index is 504. The van der Waals surface area contributed by atoms with Gasteiger partial charge in [0.05, 0.1) is 6.61 Å². The highest BCUT2D eigenvalue weighted by atomic mass is 35.5. The molecule has 0 saturated carbocycles. The number of aliphatic hydroxyl groups is 1. The Morgan fingerprint density at radius 1 is 1.56 bits per heavy atom. The van der Waals surface area contributed by atoms with Gasteiger partial charge in [-0.1, -0.05) is 17.7 Å². The minimum atomic E-state index is -0.870. The first kappa shape index (κ1) is 12.9. The minimum absolute atomic E-state index is 0.121. The molecule has 0 spiro atoms. The highest BCUT2D eigenvalue weighted by molar-refractivity contribution is 6.31. The number of rotatable bonds is 3. The van der Waals surface area contributed by atoms with Crippen LogP contribution >= 0.6 is 11.6 Å². The van der Waals surface area contributed by atoms with Crippen LogP contribution in [-0.4, -0.2) is 30.1 Å². The monoisotopic (exact) mass is 268 g/mol. The van der Waals surface area contributed by atoms with Crippen LogP contribution in [0.5, 0.6) is 0 Å². The number of hydrogen-bond acceptors (Lipinski definition) is 3. The number of nitrogens with zero attached hydrogens (tertiary/aromatic N) is 1. The van der Waals surface area contributed by atoms with Crippen molar-refractivity contribution >= 4 is 29.1 Å². The summed E-state index contributed by atoms with van der Waals surface area (Å²) in [7, 11) is 0. The van der Waals surface area contributed by atoms with Crippen molar-refractivity contribution in [3.05, 3.63) is 28.8 Å². The fourth-order valence-electron chi connectivity index (χ4n) is 2.13. The quantitative estimate of drug-likeness (QED) is 0.775. The predicted octanol–water partition coefficient (Wildman–Crippen LogP) is 0.323. The van der Waals surface area contributed by atoms with Crippen LogP contribution in [0.3, 0.4) is 0 Å². The summed E-state index contributed by atoms with van der Waals surface area (Å²) in [6.45, 7) is -0.0703. The van der Waals surface area contributed by atoms with E-state index in [1.807, 2.05) is 0 Å². The largest absolute Gasteiger partial charge is 0.395 e. The number of primary amides is 1. The number of β-amino-alcohol motifs (C(OH)–C–C–N with tert-alkyl or cyclic N) is 1. The summed E-state index contributed by atoms with van der Waals surface area (Å²) in [5.74, 6) is -1.90. The lowest BCUT2D eigenvalue weighted by Crippen LogP contribution is -2.47. The molecule has 18 heavy (non-hydrogen) atoms. The van der Waals surface area contributed by atoms with Crippen molar-refractivity contribution in [3.8, 4) is 0 Å². The van der Waals surface area contributed by atoms with Gasteiger partial charge in [-0.25, -0.2) is 0 Å². The molecule has 0 fully saturated rings. The summed E-state index contributed by atoms with van der Waals surface area (Å²) < 4.78 is 0. The summed E-state index contributed by atoms with van der Waals surface area (Å²) in [5.41, 5.74) is 6.70. The Kier molecular flexibility index (Phi) is 3.54. The highest BCUT2D eigenvalue weighted by Crippen LogP contribution is 2.32. The maximum Gasteiger partial charge on any atom is 0.239 e. The highest BCUT2D eigenvalue weighted by Gasteiger charge is 2.35. The van der Waals surface area contributed by atoms with Crippen molar-refractivity contribution in [1.29, 1.82) is 0 Å². The fourth-order valence-corrected chi connectivity index (χ4v) is 2.29. The van der Waals surface area contributed by atoms with Crippen molar-refractivity contribution in [2.45, 2.75) is 6.42 Å². The van der Waals surface area contributed by atoms with E-state index in [4.69, 9.17) is 22.4 Å². The Labute approximate surface area is 109 Å². The number of benzene rings is 1. The Morgan fingerprint density at radius 2 is 2.28 bits per heavy atom. The number of fused-ring (bicyclic) bond motifs is 1. The van der Waals surface area contributed by atoms with E-state index in [0.717, 1.165) is 5.56 Å². The van der Waals surface area contributed by atoms with Gasteiger partial charge < -0.3 is 15.7 Å². The zero-order chi connectivity index (χ0) is 13.3. The maximum atomic E-state index is 12.1. The van der Waals surface area contributed by atoms with E-state index >= 15 is 0 Å². The second kappa shape index (κ2) is 4.96. The average Bonchev–Trinajstić information content (AvgIpc) is 2.32. The summed E-state index contributed by atoms with van der Waals surface area (Å²) in [5, 5.41) is 9.51. The molecule has 1 aromatic carbocycles. The molecule has 6 heteroatoms. The summed E-state index contributed by atoms with van der Waals surface area (Å²) >= 11 is 5.90. The van der Waals surface area contributed by atoms with Gasteiger partial charge in [0.15, 0.2) is 0 Å². The lowest BCUT2D eigenvalue weighted by molar-refractivity contribution is -0.132. The SMILES string of the molecule is NC(=O)C1Cc2ccc(Cl)cc2N(CCO)C1=O. The molecule has 1 heterocycles. The first-order chi connectivity index (χ1) is 8.54. The summed E-state index contributed by atoms with van der Waals surface area (Å²) in [4.78, 5) is 24.7. The molecule has 0 aliphatic carbocycles. The van der Waals surface area contributed by atoms with Crippen LogP contribution in [-0.2, 0) is 16.0 Å². The van der Waals surface area contributed by atoms with Gasteiger partial charge in [0, 0.05) is 17.3 Å². The number of hydrogen-bond donors (Lipinski definition) is 2. The second-order valence-corrected chi connectivity index (χ2v) is 4.58. The topological polar surface area (TPSA) is 83.6 Å². The third-order valence-corrected chi connectivity index (χ3v) is 3.23. The lowest BCUT2D eigenvalue weighted by Gasteiger charge is -2.32. The molecule has 5 nitrogen and oxygen atoms in total. The van der Waals surface area contributed by atoms with E-state index in [-0.39, 0.29) is 25.5 Å². The second-order valence-electron chi connectivity index (χ2n) is 4.15. The molecule has 1 atom stereocenters. The predicted molar refractivity (Wildman–Crippen MR) is 67.3 cm³/mol. The summed E-state index contributed by atoms with van der Waals surface area (Å²) in [6, 6.07) is 5.12. The van der Waals surface area contributed by atoms with E-state index < -0.39 is 11.8 Å². The van der Waals surface area contributed by atoms with Crippen molar-refractivity contribution in [2.75, 3.05) is 18.1 Å². The van der Waals surface area contributed by atoms with Gasteiger partial charge in [-0.15, -0.1) is 0 Å². The van der Waals surface area contributed by atoms with Gasteiger partial charge in [-0.05, 0) is 24.1 Å². The van der Waals surface area contributed by atoms with Crippen LogP contribution in [0.1, 0.15) is 5.56 Å². The van der Waals surface area contributed by atoms with E-state index in [2.05, 4.69) is 0 Å². The van der Waals surface area contributed by atoms with Gasteiger partial charge in [0.2, 0.25) is 11.8 Å². The fraction of sp³-hybridized carbons (Fsp3) is 0.333. The van der Waals surface area contributed by atoms with Crippen molar-refractivity contribution in [2.24, 2.45) is 11.7 Å². The van der Waals surface area contributed by atoms with Gasteiger partial charge in [0.1, 0.15) is 5.92 Å². The molecule has 0 aromatic heterocycles. The van der Waals surface area contributed by atoms with Crippen molar-refractivity contribution in [3.63, 3.8) is 0 Å². The Hall–Kier alpha value is -1.59. The van der Waals surface area contributed by atoms with Gasteiger partial charge >= 0.3 is 0 Å². The molecule has 1 unspecified atom stereocenters. The van der Waals surface area contributed by atoms with E-state index in [9.17, 15) is 9.59 Å². The van der Waals surface area contributed by atoms with Crippen LogP contribution in [0.4, 0.5) is 5.69 Å². The van der Waals surface area contributed by atoms with Gasteiger partial charge in [0.25, 0.3) is 0 Å². The average molecular weight is 269 g/mol. The van der Waals surface area contributed by atoms with Gasteiger partial charge in [-0.2, -0.15) is 0 Å². The lowest BCUT2D eigenvalue weighted by atomic mass is 9.91. The number of carbonyl (C=O) groups is 2. The molecule has 2 rings (SSSR count). The van der Waals surface area contributed by atoms with Crippen LogP contribution in [0.2, 0.25) is 5.02 Å². The van der Waals surface area contributed by atoms with E-state index in [1.165, 1.54) is 4.90 Å². The normalized spacial score (nSPS) is 18.7. The number of nitrogens with two attached hydrogens (primary N) is 1. The Balaban J connectivity index is 2.47. The number of aliphatic hydroxyl groups excluding tert-OH is 1. The molecule has 0 radical (unpaired) electrons. The molecule has 96 valence electrons. The van der Waals surface area contributed by atoms with Crippen molar-refractivity contribution in [1.82, 2.24) is 0 Å². The zero-order valence-electron chi connectivity index (χ0n) is 9.60. The van der Waals surface area contributed by atoms with Crippen molar-refractivity contribution < 1.29 is 14.7 Å². The summed E-state index contributed by atoms with van der Waals surface area (Å²) in [6.07, 6.45) is 0.280. The number of carbonyl (C=O) groups excluding carboxylic acids is 2. The standard InChI is InChI=1S/C12H13ClN2O3/c13-8-2-1-7-5-9(11(14)17)12(18)15(3-4-16)10(7)6-8/h1-2,6,9,16H,3-5H2,(H2,14,17). The number of halogens is 1. The Morgan fingerprint density at radius 3 is 2.89 bits per heavy atom.